The lowest BCUT2D eigenvalue weighted by Gasteiger charge is -2.14. The van der Waals surface area contributed by atoms with Crippen LogP contribution >= 0.6 is 0 Å². The number of nitrogens with zero attached hydrogens (tertiary/aromatic N) is 2. The molecule has 0 unspecified atom stereocenters. The van der Waals surface area contributed by atoms with Crippen LogP contribution in [-0.2, 0) is 0 Å². The Bertz CT molecular complexity index is 1010. The molecule has 3 aromatic rings. The highest BCUT2D eigenvalue weighted by atomic mass is 16.5. The molecule has 1 aromatic heterocycles. The van der Waals surface area contributed by atoms with E-state index in [0.717, 1.165) is 40.7 Å². The van der Waals surface area contributed by atoms with Crippen molar-refractivity contribution in [3.05, 3.63) is 65.9 Å². The van der Waals surface area contributed by atoms with E-state index in [1.165, 1.54) is 0 Å². The van der Waals surface area contributed by atoms with E-state index in [1.807, 2.05) is 80.5 Å². The van der Waals surface area contributed by atoms with Crippen molar-refractivity contribution >= 4 is 5.91 Å². The van der Waals surface area contributed by atoms with Crippen LogP contribution in [0.15, 0.2) is 54.6 Å². The highest BCUT2D eigenvalue weighted by Crippen LogP contribution is 2.31. The number of likely N-dealkylation sites (N-methyl/N-ethyl adjacent to an activating group) is 1. The predicted molar refractivity (Wildman–Crippen MR) is 120 cm³/mol. The zero-order valence-corrected chi connectivity index (χ0v) is 18.2. The molecule has 0 spiro atoms. The molecule has 0 aliphatic heterocycles. The summed E-state index contributed by atoms with van der Waals surface area (Å²) in [6.45, 7) is 3.34. The van der Waals surface area contributed by atoms with Gasteiger partial charge in [-0.2, -0.15) is 0 Å². The van der Waals surface area contributed by atoms with Crippen LogP contribution in [0.4, 0.5) is 0 Å². The zero-order chi connectivity index (χ0) is 21.7. The van der Waals surface area contributed by atoms with Crippen LogP contribution in [0.5, 0.6) is 11.5 Å². The molecule has 6 nitrogen and oxygen atoms in total. The number of benzene rings is 2. The number of rotatable bonds is 8. The number of nitrogens with one attached hydrogen (secondary N) is 1. The van der Waals surface area contributed by atoms with Crippen molar-refractivity contribution < 1.29 is 14.3 Å². The van der Waals surface area contributed by atoms with Gasteiger partial charge in [0.25, 0.3) is 5.91 Å². The maximum Gasteiger partial charge on any atom is 0.253 e. The van der Waals surface area contributed by atoms with Crippen LogP contribution in [0.1, 0.15) is 16.1 Å². The standard InChI is InChI=1S/C24H29N3O3/c1-17-22(24(28)25-13-14-26(2)3)16-23(18-9-11-20(29-4)12-10-18)27(17)19-7-6-8-21(15-19)30-5/h6-12,15-16H,13-14H2,1-5H3,(H,25,28). The van der Waals surface area contributed by atoms with Crippen LogP contribution in [0.25, 0.3) is 16.9 Å². The third kappa shape index (κ3) is 4.66. The number of carbonyl (C=O) groups excluding carboxylic acids is 1. The van der Waals surface area contributed by atoms with Gasteiger partial charge in [-0.25, -0.2) is 0 Å². The van der Waals surface area contributed by atoms with E-state index < -0.39 is 0 Å². The minimum atomic E-state index is -0.0780. The molecule has 0 aliphatic carbocycles. The molecule has 6 heteroatoms. The zero-order valence-electron chi connectivity index (χ0n) is 18.2. The van der Waals surface area contributed by atoms with Gasteiger partial charge in [-0.15, -0.1) is 0 Å². The minimum Gasteiger partial charge on any atom is -0.497 e. The summed E-state index contributed by atoms with van der Waals surface area (Å²) in [4.78, 5) is 15.0. The summed E-state index contributed by atoms with van der Waals surface area (Å²) >= 11 is 0. The molecule has 0 radical (unpaired) electrons. The summed E-state index contributed by atoms with van der Waals surface area (Å²) in [5, 5.41) is 3.02. The van der Waals surface area contributed by atoms with E-state index in [2.05, 4.69) is 9.88 Å². The van der Waals surface area contributed by atoms with Gasteiger partial charge in [0.15, 0.2) is 0 Å². The number of ether oxygens (including phenoxy) is 2. The largest absolute Gasteiger partial charge is 0.497 e. The molecule has 1 amide bonds. The van der Waals surface area contributed by atoms with Crippen molar-refractivity contribution in [3.8, 4) is 28.4 Å². The molecule has 3 rings (SSSR count). The average molecular weight is 408 g/mol. The van der Waals surface area contributed by atoms with Gasteiger partial charge < -0.3 is 24.3 Å². The van der Waals surface area contributed by atoms with E-state index in [1.54, 1.807) is 14.2 Å². The van der Waals surface area contributed by atoms with Crippen molar-refractivity contribution in [2.24, 2.45) is 0 Å². The van der Waals surface area contributed by atoms with Gasteiger partial charge in [0, 0.05) is 30.5 Å². The van der Waals surface area contributed by atoms with E-state index in [-0.39, 0.29) is 5.91 Å². The molecule has 0 fully saturated rings. The van der Waals surface area contributed by atoms with Crippen molar-refractivity contribution in [3.63, 3.8) is 0 Å². The molecule has 1 heterocycles. The Balaban J connectivity index is 2.07. The maximum atomic E-state index is 12.9. The van der Waals surface area contributed by atoms with E-state index in [0.29, 0.717) is 12.1 Å². The summed E-state index contributed by atoms with van der Waals surface area (Å²) in [6.07, 6.45) is 0. The molecular formula is C24H29N3O3. The van der Waals surface area contributed by atoms with Crippen molar-refractivity contribution in [1.82, 2.24) is 14.8 Å². The van der Waals surface area contributed by atoms with E-state index in [4.69, 9.17) is 9.47 Å². The fraction of sp³-hybridized carbons (Fsp3) is 0.292. The minimum absolute atomic E-state index is 0.0780. The number of hydrogen-bond donors (Lipinski definition) is 1. The molecule has 0 bridgehead atoms. The smallest absolute Gasteiger partial charge is 0.253 e. The summed E-state index contributed by atoms with van der Waals surface area (Å²) in [6, 6.07) is 17.6. The summed E-state index contributed by atoms with van der Waals surface area (Å²) in [5.41, 5.74) is 4.39. The molecule has 158 valence electrons. The Morgan fingerprint density at radius 2 is 1.70 bits per heavy atom. The summed E-state index contributed by atoms with van der Waals surface area (Å²) in [5.74, 6) is 1.47. The second kappa shape index (κ2) is 9.50. The predicted octanol–water partition coefficient (Wildman–Crippen LogP) is 3.76. The Morgan fingerprint density at radius 1 is 1.00 bits per heavy atom. The SMILES string of the molecule is COc1ccc(-c2cc(C(=O)NCCN(C)C)c(C)n2-c2cccc(OC)c2)cc1. The fourth-order valence-electron chi connectivity index (χ4n) is 3.38. The lowest BCUT2D eigenvalue weighted by atomic mass is 10.1. The topological polar surface area (TPSA) is 55.7 Å². The van der Waals surface area contributed by atoms with Crippen molar-refractivity contribution in [2.75, 3.05) is 41.4 Å². The number of carbonyl (C=O) groups is 1. The summed E-state index contributed by atoms with van der Waals surface area (Å²) in [7, 11) is 7.26. The monoisotopic (exact) mass is 407 g/mol. The number of amides is 1. The average Bonchev–Trinajstić information content (AvgIpc) is 3.10. The fourth-order valence-corrected chi connectivity index (χ4v) is 3.38. The lowest BCUT2D eigenvalue weighted by Crippen LogP contribution is -2.31. The maximum absolute atomic E-state index is 12.9. The molecular weight excluding hydrogens is 378 g/mol. The molecule has 0 aliphatic rings. The molecule has 30 heavy (non-hydrogen) atoms. The highest BCUT2D eigenvalue weighted by molar-refractivity contribution is 5.97. The van der Waals surface area contributed by atoms with E-state index in [9.17, 15) is 4.79 Å². The lowest BCUT2D eigenvalue weighted by molar-refractivity contribution is 0.0950. The number of aromatic nitrogens is 1. The van der Waals surface area contributed by atoms with Gasteiger partial charge in [0.1, 0.15) is 11.5 Å². The highest BCUT2D eigenvalue weighted by Gasteiger charge is 2.20. The van der Waals surface area contributed by atoms with Crippen molar-refractivity contribution in [2.45, 2.75) is 6.92 Å². The van der Waals surface area contributed by atoms with Crippen LogP contribution in [0.2, 0.25) is 0 Å². The number of methoxy groups -OCH3 is 2. The summed E-state index contributed by atoms with van der Waals surface area (Å²) < 4.78 is 12.8. The van der Waals surface area contributed by atoms with E-state index >= 15 is 0 Å². The third-order valence-electron chi connectivity index (χ3n) is 5.03. The first kappa shape index (κ1) is 21.5. The first-order valence-electron chi connectivity index (χ1n) is 9.88. The second-order valence-electron chi connectivity index (χ2n) is 7.35. The van der Waals surface area contributed by atoms with Crippen LogP contribution in [0.3, 0.4) is 0 Å². The Kier molecular flexibility index (Phi) is 6.79. The van der Waals surface area contributed by atoms with Crippen LogP contribution in [-0.4, -0.2) is 56.8 Å². The number of hydrogen-bond acceptors (Lipinski definition) is 4. The van der Waals surface area contributed by atoms with Gasteiger partial charge >= 0.3 is 0 Å². The van der Waals surface area contributed by atoms with Gasteiger partial charge in [0.2, 0.25) is 0 Å². The van der Waals surface area contributed by atoms with Crippen LogP contribution in [0, 0.1) is 6.92 Å². The van der Waals surface area contributed by atoms with Gasteiger partial charge in [-0.05, 0) is 69.0 Å². The van der Waals surface area contributed by atoms with Gasteiger partial charge in [0.05, 0.1) is 25.5 Å². The normalized spacial score (nSPS) is 10.9. The molecule has 1 N–H and O–H groups in total. The Hall–Kier alpha value is -3.25. The first-order chi connectivity index (χ1) is 14.4. The van der Waals surface area contributed by atoms with Crippen molar-refractivity contribution in [1.29, 1.82) is 0 Å². The molecule has 0 atom stereocenters. The quantitative estimate of drug-likeness (QED) is 0.618. The second-order valence-corrected chi connectivity index (χ2v) is 7.35. The van der Waals surface area contributed by atoms with Gasteiger partial charge in [-0.1, -0.05) is 6.07 Å². The third-order valence-corrected chi connectivity index (χ3v) is 5.03. The Labute approximate surface area is 178 Å². The molecule has 0 saturated carbocycles. The van der Waals surface area contributed by atoms with Crippen LogP contribution < -0.4 is 14.8 Å². The molecule has 0 saturated heterocycles. The van der Waals surface area contributed by atoms with Gasteiger partial charge in [-0.3, -0.25) is 4.79 Å². The molecule has 2 aromatic carbocycles. The first-order valence-corrected chi connectivity index (χ1v) is 9.88. The Morgan fingerprint density at radius 3 is 2.33 bits per heavy atom.